The zero-order chi connectivity index (χ0) is 23.4. The molecule has 7 nitrogen and oxygen atoms in total. The number of fused-ring (bicyclic) bond motifs is 2. The van der Waals surface area contributed by atoms with E-state index in [1.165, 1.54) is 16.0 Å². The van der Waals surface area contributed by atoms with Gasteiger partial charge in [-0.3, -0.25) is 5.10 Å². The van der Waals surface area contributed by atoms with Crippen molar-refractivity contribution in [3.8, 4) is 0 Å². The third-order valence-electron chi connectivity index (χ3n) is 6.89. The Labute approximate surface area is 215 Å². The van der Waals surface area contributed by atoms with Crippen molar-refractivity contribution in [2.24, 2.45) is 5.41 Å². The number of aromatic amines is 1. The number of nitrogens with one attached hydrogen (secondary N) is 2. The minimum atomic E-state index is -1.13. The third-order valence-corrected chi connectivity index (χ3v) is 9.93. The van der Waals surface area contributed by atoms with E-state index in [1.54, 1.807) is 11.8 Å². The number of hydrogen-bond acceptors (Lipinski definition) is 7. The van der Waals surface area contributed by atoms with Crippen molar-refractivity contribution in [3.05, 3.63) is 39.2 Å². The van der Waals surface area contributed by atoms with Crippen LogP contribution in [-0.2, 0) is 17.8 Å². The molecule has 1 spiro atoms. The average Bonchev–Trinajstić information content (AvgIpc) is 3.30. The van der Waals surface area contributed by atoms with Crippen LogP contribution in [0.4, 0.5) is 5.82 Å². The Bertz CT molecular complexity index is 1170. The van der Waals surface area contributed by atoms with E-state index in [2.05, 4.69) is 71.8 Å². The zero-order valence-electron chi connectivity index (χ0n) is 19.3. The Balaban J connectivity index is 1.41. The molecule has 1 aliphatic heterocycles. The fraction of sp³-hybridized carbons (Fsp3) is 0.522. The molecule has 33 heavy (non-hydrogen) atoms. The number of piperidine rings is 1. The van der Waals surface area contributed by atoms with Crippen LogP contribution < -0.4 is 9.62 Å². The molecule has 3 aromatic rings. The standard InChI is InChI=1S/C23H29IN6OS2/c1-22(2,3)33(31)29-19-16-11-15(32-4)6-5-14(16)12-23(19)7-9-30(10-8-23)17-13-25-18-20(24)27-28-21(18)26-17/h5-6,11,13,19,29H,7-10,12H2,1-4H3,(H,26,27,28)/t19-,33?/m1/s1. The maximum Gasteiger partial charge on any atom is 0.202 e. The van der Waals surface area contributed by atoms with Gasteiger partial charge >= 0.3 is 0 Å². The third kappa shape index (κ3) is 4.37. The van der Waals surface area contributed by atoms with E-state index >= 15 is 0 Å². The Kier molecular flexibility index (Phi) is 6.34. The lowest BCUT2D eigenvalue weighted by Gasteiger charge is -2.44. The second kappa shape index (κ2) is 8.85. The van der Waals surface area contributed by atoms with Crippen LogP contribution >= 0.6 is 34.4 Å². The van der Waals surface area contributed by atoms with Crippen LogP contribution in [0.2, 0.25) is 0 Å². The van der Waals surface area contributed by atoms with Gasteiger partial charge in [-0.15, -0.1) is 16.5 Å². The van der Waals surface area contributed by atoms with E-state index < -0.39 is 11.4 Å². The van der Waals surface area contributed by atoms with E-state index in [0.29, 0.717) is 5.65 Å². The lowest BCUT2D eigenvalue weighted by atomic mass is 9.73. The molecule has 2 aromatic heterocycles. The number of H-pyrrole nitrogens is 1. The minimum Gasteiger partial charge on any atom is -0.598 e. The predicted octanol–water partition coefficient (Wildman–Crippen LogP) is 4.62. The topological polar surface area (TPSA) is 92.8 Å². The van der Waals surface area contributed by atoms with Gasteiger partial charge in [0, 0.05) is 34.8 Å². The van der Waals surface area contributed by atoms with Crippen LogP contribution in [0.5, 0.6) is 0 Å². The number of benzene rings is 1. The molecule has 1 fully saturated rings. The van der Waals surface area contributed by atoms with E-state index in [1.807, 2.05) is 27.0 Å². The Morgan fingerprint density at radius 2 is 2.06 bits per heavy atom. The molecule has 1 aliphatic carbocycles. The van der Waals surface area contributed by atoms with Gasteiger partial charge in [0.05, 0.1) is 12.2 Å². The van der Waals surface area contributed by atoms with Crippen molar-refractivity contribution in [2.75, 3.05) is 24.2 Å². The molecule has 3 heterocycles. The lowest BCUT2D eigenvalue weighted by Crippen LogP contribution is -2.49. The van der Waals surface area contributed by atoms with Crippen molar-refractivity contribution < 1.29 is 4.55 Å². The number of hydrogen-bond donors (Lipinski definition) is 2. The molecule has 1 aromatic carbocycles. The van der Waals surface area contributed by atoms with Gasteiger partial charge in [-0.05, 0) is 92.1 Å². The van der Waals surface area contributed by atoms with Gasteiger partial charge in [0.25, 0.3) is 0 Å². The summed E-state index contributed by atoms with van der Waals surface area (Å²) in [5.41, 5.74) is 4.24. The molecule has 1 unspecified atom stereocenters. The number of nitrogens with zero attached hydrogens (tertiary/aromatic N) is 4. The molecule has 1 saturated heterocycles. The van der Waals surface area contributed by atoms with Crippen molar-refractivity contribution in [3.63, 3.8) is 0 Å². The summed E-state index contributed by atoms with van der Waals surface area (Å²) in [7, 11) is 0. The Morgan fingerprint density at radius 3 is 2.76 bits per heavy atom. The van der Waals surface area contributed by atoms with Gasteiger partial charge in [0.15, 0.2) is 0 Å². The zero-order valence-corrected chi connectivity index (χ0v) is 23.1. The quantitative estimate of drug-likeness (QED) is 0.258. The fourth-order valence-corrected chi connectivity index (χ4v) is 6.86. The molecule has 2 aliphatic rings. The summed E-state index contributed by atoms with van der Waals surface area (Å²) in [6.45, 7) is 7.89. The molecule has 5 rings (SSSR count). The molecule has 0 radical (unpaired) electrons. The van der Waals surface area contributed by atoms with Gasteiger partial charge < -0.3 is 9.45 Å². The first-order chi connectivity index (χ1) is 15.7. The number of halogens is 1. The summed E-state index contributed by atoms with van der Waals surface area (Å²) < 4.78 is 17.3. The minimum absolute atomic E-state index is 0.0516. The van der Waals surface area contributed by atoms with Crippen LogP contribution in [0.1, 0.15) is 50.8 Å². The summed E-state index contributed by atoms with van der Waals surface area (Å²) in [5.74, 6) is 0.878. The van der Waals surface area contributed by atoms with Crippen LogP contribution in [0.15, 0.2) is 29.3 Å². The summed E-state index contributed by atoms with van der Waals surface area (Å²) in [4.78, 5) is 12.9. The summed E-state index contributed by atoms with van der Waals surface area (Å²) in [6.07, 6.45) is 7.00. The first-order valence-corrected chi connectivity index (χ1v) is 14.6. The van der Waals surface area contributed by atoms with Crippen LogP contribution in [0.3, 0.4) is 0 Å². The second-order valence-corrected chi connectivity index (χ2v) is 13.9. The van der Waals surface area contributed by atoms with Crippen molar-refractivity contribution in [2.45, 2.75) is 55.7 Å². The molecular weight excluding hydrogens is 567 g/mol. The normalized spacial score (nSPS) is 21.0. The maximum atomic E-state index is 13.2. The molecule has 0 amide bonds. The molecule has 0 bridgehead atoms. The van der Waals surface area contributed by atoms with Crippen molar-refractivity contribution in [1.82, 2.24) is 24.9 Å². The van der Waals surface area contributed by atoms with Crippen LogP contribution in [0.25, 0.3) is 11.2 Å². The SMILES string of the molecule is CSc1ccc2c(c1)[C@@H](N[S+]([O-])C(C)(C)C)C1(CCN(c3cnc4c(I)[nH]nc4n3)CC1)C2. The highest BCUT2D eigenvalue weighted by Crippen LogP contribution is 2.53. The molecule has 10 heteroatoms. The Morgan fingerprint density at radius 1 is 1.30 bits per heavy atom. The summed E-state index contributed by atoms with van der Waals surface area (Å²) >= 11 is 2.82. The maximum absolute atomic E-state index is 13.2. The van der Waals surface area contributed by atoms with Crippen molar-refractivity contribution in [1.29, 1.82) is 0 Å². The predicted molar refractivity (Wildman–Crippen MR) is 144 cm³/mol. The molecular formula is C23H29IN6OS2. The van der Waals surface area contributed by atoms with Gasteiger partial charge in [-0.1, -0.05) is 6.07 Å². The molecule has 0 saturated carbocycles. The smallest absolute Gasteiger partial charge is 0.202 e. The number of aromatic nitrogens is 4. The van der Waals surface area contributed by atoms with Crippen LogP contribution in [-0.4, -0.2) is 48.8 Å². The van der Waals surface area contributed by atoms with E-state index in [-0.39, 0.29) is 16.2 Å². The van der Waals surface area contributed by atoms with Gasteiger partial charge in [0.1, 0.15) is 19.8 Å². The highest BCUT2D eigenvalue weighted by Gasteiger charge is 2.50. The van der Waals surface area contributed by atoms with Gasteiger partial charge in [0.2, 0.25) is 5.65 Å². The largest absolute Gasteiger partial charge is 0.598 e. The van der Waals surface area contributed by atoms with Gasteiger partial charge in [-0.2, -0.15) is 5.10 Å². The molecule has 2 atom stereocenters. The average molecular weight is 597 g/mol. The second-order valence-electron chi connectivity index (χ2n) is 9.96. The summed E-state index contributed by atoms with van der Waals surface area (Å²) in [6, 6.07) is 6.88. The first-order valence-electron chi connectivity index (χ1n) is 11.2. The number of thioether (sulfide) groups is 1. The number of anilines is 1. The Hall–Kier alpha value is -1.08. The monoisotopic (exact) mass is 596 g/mol. The van der Waals surface area contributed by atoms with E-state index in [0.717, 1.165) is 47.4 Å². The first kappa shape index (κ1) is 23.7. The lowest BCUT2D eigenvalue weighted by molar-refractivity contribution is 0.176. The summed E-state index contributed by atoms with van der Waals surface area (Å²) in [5, 5.41) is 7.23. The van der Waals surface area contributed by atoms with E-state index in [9.17, 15) is 4.55 Å². The van der Waals surface area contributed by atoms with Crippen LogP contribution in [0, 0.1) is 9.12 Å². The number of rotatable bonds is 4. The molecule has 2 N–H and O–H groups in total. The molecule has 176 valence electrons. The highest BCUT2D eigenvalue weighted by atomic mass is 127. The van der Waals surface area contributed by atoms with Gasteiger partial charge in [-0.25, -0.2) is 9.97 Å². The fourth-order valence-electron chi connectivity index (χ4n) is 4.97. The van der Waals surface area contributed by atoms with Crippen molar-refractivity contribution >= 4 is 62.7 Å². The highest BCUT2D eigenvalue weighted by molar-refractivity contribution is 14.1. The van der Waals surface area contributed by atoms with E-state index in [4.69, 9.17) is 4.98 Å².